The van der Waals surface area contributed by atoms with Crippen LogP contribution < -0.4 is 10.6 Å². The van der Waals surface area contributed by atoms with Crippen LogP contribution in [0.15, 0.2) is 35.3 Å². The van der Waals surface area contributed by atoms with Crippen LogP contribution in [0.25, 0.3) is 0 Å². The summed E-state index contributed by atoms with van der Waals surface area (Å²) < 4.78 is 0. The Labute approximate surface area is 143 Å². The van der Waals surface area contributed by atoms with Gasteiger partial charge in [0.2, 0.25) is 0 Å². The normalized spacial score (nSPS) is 11.5. The van der Waals surface area contributed by atoms with E-state index in [2.05, 4.69) is 53.5 Å². The number of benzene rings is 1. The molecule has 0 aliphatic rings. The van der Waals surface area contributed by atoms with Crippen LogP contribution in [0.2, 0.25) is 0 Å². The van der Waals surface area contributed by atoms with E-state index >= 15 is 0 Å². The minimum absolute atomic E-state index is 0.687. The minimum atomic E-state index is 0.687. The van der Waals surface area contributed by atoms with Gasteiger partial charge in [-0.3, -0.25) is 0 Å². The van der Waals surface area contributed by atoms with E-state index in [-0.39, 0.29) is 0 Å². The van der Waals surface area contributed by atoms with Crippen molar-refractivity contribution < 1.29 is 0 Å². The van der Waals surface area contributed by atoms with Gasteiger partial charge in [0, 0.05) is 24.4 Å². The van der Waals surface area contributed by atoms with Crippen molar-refractivity contribution in [1.82, 2.24) is 15.6 Å². The average Bonchev–Trinajstić information content (AvgIpc) is 2.93. The van der Waals surface area contributed by atoms with Crippen LogP contribution in [0.5, 0.6) is 0 Å². The molecule has 1 heterocycles. The third kappa shape index (κ3) is 5.67. The maximum absolute atomic E-state index is 4.68. The van der Waals surface area contributed by atoms with Gasteiger partial charge in [0.05, 0.1) is 17.2 Å². The number of hydrogen-bond acceptors (Lipinski definition) is 3. The van der Waals surface area contributed by atoms with Crippen molar-refractivity contribution in [2.24, 2.45) is 4.99 Å². The molecule has 2 aromatic rings. The maximum Gasteiger partial charge on any atom is 0.191 e. The van der Waals surface area contributed by atoms with Crippen LogP contribution >= 0.6 is 11.3 Å². The second-order valence-electron chi connectivity index (χ2n) is 5.32. The summed E-state index contributed by atoms with van der Waals surface area (Å²) in [5.74, 6) is 0.861. The zero-order valence-corrected chi connectivity index (χ0v) is 15.0. The third-order valence-corrected chi connectivity index (χ3v) is 4.58. The molecule has 0 atom stereocenters. The summed E-state index contributed by atoms with van der Waals surface area (Å²) in [5.41, 5.74) is 2.45. The van der Waals surface area contributed by atoms with Gasteiger partial charge in [0.25, 0.3) is 0 Å². The predicted molar refractivity (Wildman–Crippen MR) is 99.2 cm³/mol. The minimum Gasteiger partial charge on any atom is -0.357 e. The molecule has 0 aliphatic heterocycles. The summed E-state index contributed by atoms with van der Waals surface area (Å²) >= 11 is 1.80. The largest absolute Gasteiger partial charge is 0.357 e. The van der Waals surface area contributed by atoms with Crippen molar-refractivity contribution in [3.8, 4) is 0 Å². The summed E-state index contributed by atoms with van der Waals surface area (Å²) in [6, 6.07) is 10.3. The molecule has 0 aliphatic carbocycles. The van der Waals surface area contributed by atoms with Gasteiger partial charge in [-0.05, 0) is 25.8 Å². The molecule has 1 aromatic heterocycles. The lowest BCUT2D eigenvalue weighted by atomic mass is 10.2. The lowest BCUT2D eigenvalue weighted by molar-refractivity contribution is 0.794. The number of aliphatic imine (C=N–C) groups is 1. The summed E-state index contributed by atoms with van der Waals surface area (Å²) in [7, 11) is 0. The molecule has 2 N–H and O–H groups in total. The topological polar surface area (TPSA) is 49.3 Å². The first-order chi connectivity index (χ1) is 11.2. The monoisotopic (exact) mass is 330 g/mol. The Hall–Kier alpha value is -1.88. The average molecular weight is 331 g/mol. The van der Waals surface area contributed by atoms with Crippen molar-refractivity contribution in [2.45, 2.75) is 40.2 Å². The summed E-state index contributed by atoms with van der Waals surface area (Å²) in [5, 5.41) is 7.88. The van der Waals surface area contributed by atoms with Gasteiger partial charge in [-0.15, -0.1) is 11.3 Å². The molecule has 0 amide bonds. The van der Waals surface area contributed by atoms with E-state index in [4.69, 9.17) is 0 Å². The van der Waals surface area contributed by atoms with Crippen molar-refractivity contribution in [1.29, 1.82) is 0 Å². The zero-order chi connectivity index (χ0) is 16.5. The number of thiazole rings is 1. The lowest BCUT2D eigenvalue weighted by Gasteiger charge is -2.10. The molecule has 1 aromatic carbocycles. The Balaban J connectivity index is 1.86. The number of aromatic nitrogens is 1. The number of hydrogen-bond donors (Lipinski definition) is 2. The van der Waals surface area contributed by atoms with Crippen LogP contribution in [0.4, 0.5) is 0 Å². The van der Waals surface area contributed by atoms with Gasteiger partial charge in [-0.2, -0.15) is 0 Å². The van der Waals surface area contributed by atoms with Crippen LogP contribution in [0.1, 0.15) is 35.0 Å². The molecule has 2 rings (SSSR count). The van der Waals surface area contributed by atoms with Crippen molar-refractivity contribution in [2.75, 3.05) is 13.1 Å². The summed E-state index contributed by atoms with van der Waals surface area (Å²) in [4.78, 5) is 10.7. The molecule has 5 heteroatoms. The van der Waals surface area contributed by atoms with Crippen molar-refractivity contribution >= 4 is 17.3 Å². The quantitative estimate of drug-likeness (QED) is 0.605. The Bertz CT molecular complexity index is 619. The standard InChI is InChI=1S/C18H26N4S/c1-4-16-14(3)23-17(22-16)11-12-20-18(19-5-2)21-13-15-9-7-6-8-10-15/h6-10H,4-5,11-13H2,1-3H3,(H2,19,20,21). The molecule has 124 valence electrons. The van der Waals surface area contributed by atoms with Crippen LogP contribution in [-0.4, -0.2) is 24.0 Å². The van der Waals surface area contributed by atoms with Gasteiger partial charge >= 0.3 is 0 Å². The smallest absolute Gasteiger partial charge is 0.191 e. The fourth-order valence-electron chi connectivity index (χ4n) is 2.31. The lowest BCUT2D eigenvalue weighted by Crippen LogP contribution is -2.38. The Kier molecular flexibility index (Phi) is 7.07. The fourth-order valence-corrected chi connectivity index (χ4v) is 3.33. The molecular formula is C18H26N4S. The van der Waals surface area contributed by atoms with E-state index in [1.54, 1.807) is 11.3 Å². The predicted octanol–water partition coefficient (Wildman–Crippen LogP) is 3.31. The highest BCUT2D eigenvalue weighted by Crippen LogP contribution is 2.17. The first-order valence-corrected chi connectivity index (χ1v) is 9.05. The van der Waals surface area contributed by atoms with Gasteiger partial charge in [0.15, 0.2) is 5.96 Å². The number of guanidine groups is 1. The van der Waals surface area contributed by atoms with Gasteiger partial charge < -0.3 is 10.6 Å². The molecule has 0 bridgehead atoms. The fraction of sp³-hybridized carbons (Fsp3) is 0.444. The molecule has 0 saturated carbocycles. The number of rotatable bonds is 7. The highest BCUT2D eigenvalue weighted by molar-refractivity contribution is 7.11. The molecule has 0 fully saturated rings. The number of nitrogens with zero attached hydrogens (tertiary/aromatic N) is 2. The zero-order valence-electron chi connectivity index (χ0n) is 14.2. The Morgan fingerprint density at radius 2 is 1.96 bits per heavy atom. The Morgan fingerprint density at radius 3 is 2.61 bits per heavy atom. The van der Waals surface area contributed by atoms with Crippen LogP contribution in [0, 0.1) is 6.92 Å². The van der Waals surface area contributed by atoms with Crippen molar-refractivity contribution in [3.63, 3.8) is 0 Å². The van der Waals surface area contributed by atoms with Crippen LogP contribution in [0.3, 0.4) is 0 Å². The maximum atomic E-state index is 4.68. The van der Waals surface area contributed by atoms with E-state index < -0.39 is 0 Å². The van der Waals surface area contributed by atoms with E-state index in [0.717, 1.165) is 31.9 Å². The van der Waals surface area contributed by atoms with Gasteiger partial charge in [-0.1, -0.05) is 37.3 Å². The second-order valence-corrected chi connectivity index (χ2v) is 6.61. The highest BCUT2D eigenvalue weighted by Gasteiger charge is 2.06. The summed E-state index contributed by atoms with van der Waals surface area (Å²) in [6.45, 7) is 8.78. The van der Waals surface area contributed by atoms with Gasteiger partial charge in [0.1, 0.15) is 0 Å². The first kappa shape index (κ1) is 17.5. The number of aryl methyl sites for hydroxylation is 2. The molecule has 0 saturated heterocycles. The van der Waals surface area contributed by atoms with E-state index in [1.807, 2.05) is 18.2 Å². The number of nitrogens with one attached hydrogen (secondary N) is 2. The molecule has 0 radical (unpaired) electrons. The second kappa shape index (κ2) is 9.30. The van der Waals surface area contributed by atoms with E-state index in [1.165, 1.54) is 21.1 Å². The molecule has 4 nitrogen and oxygen atoms in total. The molecule has 0 spiro atoms. The third-order valence-electron chi connectivity index (χ3n) is 3.51. The van der Waals surface area contributed by atoms with Crippen LogP contribution in [-0.2, 0) is 19.4 Å². The molecule has 0 unspecified atom stereocenters. The Morgan fingerprint density at radius 1 is 1.17 bits per heavy atom. The van der Waals surface area contributed by atoms with Crippen molar-refractivity contribution in [3.05, 3.63) is 51.5 Å². The highest BCUT2D eigenvalue weighted by atomic mass is 32.1. The SMILES string of the molecule is CCNC(=NCc1ccccc1)NCCc1nc(CC)c(C)s1. The first-order valence-electron chi connectivity index (χ1n) is 8.24. The van der Waals surface area contributed by atoms with E-state index in [9.17, 15) is 0 Å². The van der Waals surface area contributed by atoms with Gasteiger partial charge in [-0.25, -0.2) is 9.98 Å². The summed E-state index contributed by atoms with van der Waals surface area (Å²) in [6.07, 6.45) is 1.94. The van der Waals surface area contributed by atoms with E-state index in [0.29, 0.717) is 6.54 Å². The molecular weight excluding hydrogens is 304 g/mol. The molecule has 23 heavy (non-hydrogen) atoms.